The Morgan fingerprint density at radius 1 is 1.44 bits per heavy atom. The zero-order valence-electron chi connectivity index (χ0n) is 5.83. The fourth-order valence-electron chi connectivity index (χ4n) is 0.450. The second-order valence-corrected chi connectivity index (χ2v) is 2.86. The molecule has 0 aliphatic carbocycles. The maximum atomic E-state index is 4.75. The lowest BCUT2D eigenvalue weighted by atomic mass is 10.1. The van der Waals surface area contributed by atoms with E-state index in [1.807, 2.05) is 20.8 Å². The Bertz CT molecular complexity index is 175. The standard InChI is InChI=1S/C5H10N3O/c1-5(2,3)8-6-4-7-9-8/h4H,1-3H3/q+1. The van der Waals surface area contributed by atoms with Gasteiger partial charge in [0.25, 0.3) is 0 Å². The van der Waals surface area contributed by atoms with E-state index in [9.17, 15) is 0 Å². The average molecular weight is 128 g/mol. The van der Waals surface area contributed by atoms with E-state index in [2.05, 4.69) is 10.3 Å². The summed E-state index contributed by atoms with van der Waals surface area (Å²) in [6.07, 6.45) is 1.38. The summed E-state index contributed by atoms with van der Waals surface area (Å²) in [5.41, 5.74) is -0.101. The highest BCUT2D eigenvalue weighted by molar-refractivity contribution is 4.42. The summed E-state index contributed by atoms with van der Waals surface area (Å²) in [6.45, 7) is 5.97. The fraction of sp³-hybridized carbons (Fsp3) is 0.800. The number of hydrogen-bond donors (Lipinski definition) is 0. The molecule has 0 radical (unpaired) electrons. The predicted octanol–water partition coefficient (Wildman–Crippen LogP) is 0.112. The van der Waals surface area contributed by atoms with Crippen LogP contribution in [0.15, 0.2) is 11.0 Å². The maximum Gasteiger partial charge on any atom is 0.321 e. The smallest absolute Gasteiger partial charge is 0.0607 e. The summed E-state index contributed by atoms with van der Waals surface area (Å²) in [5.74, 6) is 0. The van der Waals surface area contributed by atoms with E-state index < -0.39 is 0 Å². The number of hydrogen-bond acceptors (Lipinski definition) is 3. The molecule has 1 aromatic rings. The molecule has 0 bridgehead atoms. The Hall–Kier alpha value is -0.930. The molecule has 0 saturated carbocycles. The lowest BCUT2D eigenvalue weighted by Gasteiger charge is -2.05. The van der Waals surface area contributed by atoms with Gasteiger partial charge in [-0.3, -0.25) is 0 Å². The van der Waals surface area contributed by atoms with Crippen LogP contribution < -0.4 is 4.85 Å². The van der Waals surface area contributed by atoms with Crippen molar-refractivity contribution in [2.24, 2.45) is 0 Å². The Morgan fingerprint density at radius 3 is 2.33 bits per heavy atom. The Labute approximate surface area is 53.4 Å². The third kappa shape index (κ3) is 1.25. The maximum absolute atomic E-state index is 4.75. The highest BCUT2D eigenvalue weighted by atomic mass is 16.6. The molecule has 0 aliphatic rings. The van der Waals surface area contributed by atoms with E-state index in [0.717, 1.165) is 0 Å². The molecule has 4 nitrogen and oxygen atoms in total. The first-order valence-corrected chi connectivity index (χ1v) is 2.81. The van der Waals surface area contributed by atoms with Crippen LogP contribution in [0.5, 0.6) is 0 Å². The van der Waals surface area contributed by atoms with E-state index in [1.54, 1.807) is 0 Å². The molecule has 0 saturated heterocycles. The molecule has 0 atom stereocenters. The van der Waals surface area contributed by atoms with Crippen LogP contribution in [0.4, 0.5) is 0 Å². The minimum atomic E-state index is -0.101. The van der Waals surface area contributed by atoms with Gasteiger partial charge < -0.3 is 0 Å². The second kappa shape index (κ2) is 1.79. The minimum Gasteiger partial charge on any atom is -0.0607 e. The molecule has 4 heteroatoms. The zero-order chi connectivity index (χ0) is 6.91. The van der Waals surface area contributed by atoms with Gasteiger partial charge in [-0.05, 0) is 25.9 Å². The van der Waals surface area contributed by atoms with Gasteiger partial charge >= 0.3 is 6.33 Å². The molecule has 1 aromatic heterocycles. The van der Waals surface area contributed by atoms with Crippen LogP contribution in [0.25, 0.3) is 0 Å². The highest BCUT2D eigenvalue weighted by Crippen LogP contribution is 1.99. The number of nitrogens with zero attached hydrogens (tertiary/aromatic N) is 3. The summed E-state index contributed by atoms with van der Waals surface area (Å²) in [4.78, 5) is 1.45. The van der Waals surface area contributed by atoms with Crippen LogP contribution in [-0.4, -0.2) is 10.3 Å². The Balaban J connectivity index is 2.90. The Kier molecular flexibility index (Phi) is 1.23. The lowest BCUT2D eigenvalue weighted by Crippen LogP contribution is -2.51. The lowest BCUT2D eigenvalue weighted by molar-refractivity contribution is -0.955. The molecule has 0 aromatic carbocycles. The van der Waals surface area contributed by atoms with Crippen molar-refractivity contribution >= 4 is 0 Å². The van der Waals surface area contributed by atoms with Crippen molar-refractivity contribution in [3.8, 4) is 0 Å². The topological polar surface area (TPSA) is 42.8 Å². The first-order chi connectivity index (χ1) is 4.11. The molecule has 0 N–H and O–H groups in total. The van der Waals surface area contributed by atoms with Crippen LogP contribution in [0.3, 0.4) is 0 Å². The molecule has 1 heterocycles. The van der Waals surface area contributed by atoms with Crippen LogP contribution in [-0.2, 0) is 5.54 Å². The molecular formula is C5H10N3O+. The SMILES string of the molecule is CC(C)(C)[n+]1ncno1. The molecule has 9 heavy (non-hydrogen) atoms. The minimum absolute atomic E-state index is 0.101. The molecule has 0 fully saturated rings. The molecule has 0 spiro atoms. The highest BCUT2D eigenvalue weighted by Gasteiger charge is 2.23. The summed E-state index contributed by atoms with van der Waals surface area (Å²) >= 11 is 0. The summed E-state index contributed by atoms with van der Waals surface area (Å²) in [5, 5.41) is 7.29. The third-order valence-corrected chi connectivity index (χ3v) is 0.902. The Morgan fingerprint density at radius 2 is 2.11 bits per heavy atom. The van der Waals surface area contributed by atoms with Crippen LogP contribution in [0.2, 0.25) is 0 Å². The number of rotatable bonds is 0. The predicted molar refractivity (Wildman–Crippen MR) is 29.5 cm³/mol. The van der Waals surface area contributed by atoms with Gasteiger partial charge in [0.15, 0.2) is 10.7 Å². The molecule has 0 unspecified atom stereocenters. The monoisotopic (exact) mass is 128 g/mol. The van der Waals surface area contributed by atoms with Gasteiger partial charge in [0.2, 0.25) is 0 Å². The van der Waals surface area contributed by atoms with Crippen molar-refractivity contribution in [2.45, 2.75) is 26.3 Å². The van der Waals surface area contributed by atoms with E-state index in [1.165, 1.54) is 11.2 Å². The summed E-state index contributed by atoms with van der Waals surface area (Å²) in [7, 11) is 0. The van der Waals surface area contributed by atoms with Crippen molar-refractivity contribution in [3.05, 3.63) is 6.33 Å². The first-order valence-electron chi connectivity index (χ1n) is 2.81. The molecular weight excluding hydrogens is 118 g/mol. The zero-order valence-corrected chi connectivity index (χ0v) is 5.83. The van der Waals surface area contributed by atoms with E-state index in [-0.39, 0.29) is 5.54 Å². The van der Waals surface area contributed by atoms with Crippen molar-refractivity contribution in [3.63, 3.8) is 0 Å². The molecule has 0 aliphatic heterocycles. The van der Waals surface area contributed by atoms with Crippen molar-refractivity contribution in [2.75, 3.05) is 0 Å². The van der Waals surface area contributed by atoms with E-state index in [0.29, 0.717) is 0 Å². The molecule has 0 amide bonds. The van der Waals surface area contributed by atoms with Gasteiger partial charge in [-0.1, -0.05) is 4.63 Å². The van der Waals surface area contributed by atoms with Crippen molar-refractivity contribution in [1.29, 1.82) is 0 Å². The molecule has 1 rings (SSSR count). The summed E-state index contributed by atoms with van der Waals surface area (Å²) < 4.78 is 4.75. The van der Waals surface area contributed by atoms with Crippen LogP contribution in [0.1, 0.15) is 20.8 Å². The second-order valence-electron chi connectivity index (χ2n) is 2.86. The van der Waals surface area contributed by atoms with Gasteiger partial charge in [0, 0.05) is 4.85 Å². The van der Waals surface area contributed by atoms with Gasteiger partial charge in [-0.25, -0.2) is 0 Å². The fourth-order valence-corrected chi connectivity index (χ4v) is 0.450. The van der Waals surface area contributed by atoms with Gasteiger partial charge in [-0.15, -0.1) is 0 Å². The third-order valence-electron chi connectivity index (χ3n) is 0.902. The van der Waals surface area contributed by atoms with Gasteiger partial charge in [0.05, 0.1) is 0 Å². The quantitative estimate of drug-likeness (QED) is 0.466. The van der Waals surface area contributed by atoms with Gasteiger partial charge in [0.1, 0.15) is 0 Å². The average Bonchev–Trinajstić information content (AvgIpc) is 2.08. The molecule has 50 valence electrons. The van der Waals surface area contributed by atoms with Crippen molar-refractivity contribution in [1.82, 2.24) is 10.3 Å². The first kappa shape index (κ1) is 6.19. The van der Waals surface area contributed by atoms with Crippen LogP contribution >= 0.6 is 0 Å². The summed E-state index contributed by atoms with van der Waals surface area (Å²) in [6, 6.07) is 0. The normalized spacial score (nSPS) is 11.9. The van der Waals surface area contributed by atoms with E-state index in [4.69, 9.17) is 4.63 Å². The van der Waals surface area contributed by atoms with E-state index >= 15 is 0 Å². The van der Waals surface area contributed by atoms with Crippen LogP contribution in [0, 0.1) is 0 Å². The number of aromatic nitrogens is 3. The van der Waals surface area contributed by atoms with Crippen molar-refractivity contribution < 1.29 is 9.48 Å². The largest absolute Gasteiger partial charge is 0.321 e. The van der Waals surface area contributed by atoms with Gasteiger partial charge in [-0.2, -0.15) is 0 Å².